The van der Waals surface area contributed by atoms with Crippen LogP contribution in [0.3, 0.4) is 0 Å². The summed E-state index contributed by atoms with van der Waals surface area (Å²) in [4.78, 5) is 16.8. The molecule has 2 aliphatic rings. The van der Waals surface area contributed by atoms with Gasteiger partial charge in [-0.15, -0.1) is 0 Å². The number of anilines is 1. The predicted octanol–water partition coefficient (Wildman–Crippen LogP) is 2.05. The van der Waals surface area contributed by atoms with Crippen molar-refractivity contribution in [2.24, 2.45) is 10.9 Å². The Morgan fingerprint density at radius 3 is 2.76 bits per heavy atom. The molecule has 1 atom stereocenters. The van der Waals surface area contributed by atoms with Crippen molar-refractivity contribution in [2.75, 3.05) is 63.9 Å². The molecule has 7 heteroatoms. The molecular formula is C22H38N6O. The normalized spacial score (nSPS) is 21.7. The molecule has 29 heavy (non-hydrogen) atoms. The Hall–Kier alpha value is -1.86. The van der Waals surface area contributed by atoms with Gasteiger partial charge in [0.05, 0.1) is 19.3 Å². The maximum absolute atomic E-state index is 5.65. The van der Waals surface area contributed by atoms with Gasteiger partial charge in [-0.05, 0) is 37.5 Å². The summed E-state index contributed by atoms with van der Waals surface area (Å²) in [5, 5.41) is 3.48. The molecule has 0 bridgehead atoms. The minimum atomic E-state index is 0.252. The zero-order valence-corrected chi connectivity index (χ0v) is 18.6. The van der Waals surface area contributed by atoms with Crippen LogP contribution >= 0.6 is 0 Å². The van der Waals surface area contributed by atoms with Gasteiger partial charge < -0.3 is 19.9 Å². The summed E-state index contributed by atoms with van der Waals surface area (Å²) in [6.45, 7) is 18.4. The van der Waals surface area contributed by atoms with Crippen LogP contribution < -0.4 is 10.2 Å². The molecule has 0 aromatic carbocycles. The summed E-state index contributed by atoms with van der Waals surface area (Å²) in [5.41, 5.74) is 1.20. The lowest BCUT2D eigenvalue weighted by molar-refractivity contribution is 0.0529. The number of hydrogen-bond donors (Lipinski definition) is 1. The lowest BCUT2D eigenvalue weighted by Gasteiger charge is -2.37. The average molecular weight is 403 g/mol. The van der Waals surface area contributed by atoms with E-state index >= 15 is 0 Å². The Kier molecular flexibility index (Phi) is 8.12. The molecule has 3 heterocycles. The van der Waals surface area contributed by atoms with Crippen LogP contribution in [-0.2, 0) is 11.3 Å². The largest absolute Gasteiger partial charge is 0.375 e. The number of morpholine rings is 1. The summed E-state index contributed by atoms with van der Waals surface area (Å²) in [7, 11) is 0. The van der Waals surface area contributed by atoms with E-state index in [9.17, 15) is 0 Å². The molecule has 0 radical (unpaired) electrons. The molecule has 7 nitrogen and oxygen atoms in total. The Labute approximate surface area is 176 Å². The SMILES string of the molecule is CCNC(=NCc1ccnc(N2CCOC(C)C2)c1)N1CCN(CC(C)C)CC1. The van der Waals surface area contributed by atoms with Crippen LogP contribution in [0.15, 0.2) is 23.3 Å². The quantitative estimate of drug-likeness (QED) is 0.581. The molecule has 1 N–H and O–H groups in total. The number of nitrogens with zero attached hydrogens (tertiary/aromatic N) is 5. The van der Waals surface area contributed by atoms with Crippen molar-refractivity contribution in [1.82, 2.24) is 20.1 Å². The number of ether oxygens (including phenoxy) is 1. The van der Waals surface area contributed by atoms with Crippen LogP contribution in [-0.4, -0.2) is 85.8 Å². The van der Waals surface area contributed by atoms with Crippen molar-refractivity contribution < 1.29 is 4.74 Å². The van der Waals surface area contributed by atoms with E-state index < -0.39 is 0 Å². The van der Waals surface area contributed by atoms with E-state index in [0.29, 0.717) is 6.54 Å². The number of aromatic nitrogens is 1. The number of piperazine rings is 1. The molecule has 2 saturated heterocycles. The van der Waals surface area contributed by atoms with E-state index in [4.69, 9.17) is 9.73 Å². The van der Waals surface area contributed by atoms with Gasteiger partial charge >= 0.3 is 0 Å². The summed E-state index contributed by atoms with van der Waals surface area (Å²) < 4.78 is 5.65. The summed E-state index contributed by atoms with van der Waals surface area (Å²) in [6, 6.07) is 4.24. The Morgan fingerprint density at radius 1 is 1.28 bits per heavy atom. The first-order valence-corrected chi connectivity index (χ1v) is 11.1. The molecule has 162 valence electrons. The van der Waals surface area contributed by atoms with E-state index in [2.05, 4.69) is 64.8 Å². The standard InChI is InChI=1S/C22H38N6O/c1-5-23-22(27-10-8-26(9-11-27)16-18(2)3)25-15-20-6-7-24-21(14-20)28-12-13-29-19(4)17-28/h6-7,14,18-19H,5,8-13,15-17H2,1-4H3,(H,23,25). The van der Waals surface area contributed by atoms with Crippen LogP contribution in [0.4, 0.5) is 5.82 Å². The van der Waals surface area contributed by atoms with Gasteiger partial charge in [-0.3, -0.25) is 4.90 Å². The Bertz CT molecular complexity index is 656. The maximum atomic E-state index is 5.65. The van der Waals surface area contributed by atoms with Gasteiger partial charge in [0.1, 0.15) is 5.82 Å². The predicted molar refractivity (Wildman–Crippen MR) is 120 cm³/mol. The fourth-order valence-corrected chi connectivity index (χ4v) is 4.01. The Morgan fingerprint density at radius 2 is 2.07 bits per heavy atom. The van der Waals surface area contributed by atoms with Crippen molar-refractivity contribution in [1.29, 1.82) is 0 Å². The van der Waals surface area contributed by atoms with Crippen LogP contribution in [0.25, 0.3) is 0 Å². The first-order chi connectivity index (χ1) is 14.0. The molecule has 1 unspecified atom stereocenters. The molecule has 1 aromatic heterocycles. The van der Waals surface area contributed by atoms with Gasteiger partial charge in [0.25, 0.3) is 0 Å². The minimum Gasteiger partial charge on any atom is -0.375 e. The zero-order chi connectivity index (χ0) is 20.6. The molecular weight excluding hydrogens is 364 g/mol. The molecule has 0 amide bonds. The van der Waals surface area contributed by atoms with Gasteiger partial charge in [-0.25, -0.2) is 9.98 Å². The molecule has 0 spiro atoms. The Balaban J connectivity index is 1.61. The first kappa shape index (κ1) is 21.8. The fraction of sp³-hybridized carbons (Fsp3) is 0.727. The summed E-state index contributed by atoms with van der Waals surface area (Å²) in [5.74, 6) is 2.77. The average Bonchev–Trinajstić information content (AvgIpc) is 2.72. The van der Waals surface area contributed by atoms with Gasteiger partial charge in [0.15, 0.2) is 5.96 Å². The van der Waals surface area contributed by atoms with Crippen LogP contribution in [0.5, 0.6) is 0 Å². The fourth-order valence-electron chi connectivity index (χ4n) is 4.01. The van der Waals surface area contributed by atoms with Crippen LogP contribution in [0, 0.1) is 5.92 Å². The molecule has 0 aliphatic carbocycles. The van der Waals surface area contributed by atoms with E-state index in [1.165, 1.54) is 12.1 Å². The lowest BCUT2D eigenvalue weighted by Crippen LogP contribution is -2.53. The zero-order valence-electron chi connectivity index (χ0n) is 18.6. The van der Waals surface area contributed by atoms with Gasteiger partial charge in [0, 0.05) is 58.6 Å². The van der Waals surface area contributed by atoms with Crippen molar-refractivity contribution in [3.05, 3.63) is 23.9 Å². The van der Waals surface area contributed by atoms with Crippen molar-refractivity contribution in [3.8, 4) is 0 Å². The smallest absolute Gasteiger partial charge is 0.194 e. The minimum absolute atomic E-state index is 0.252. The van der Waals surface area contributed by atoms with E-state index in [0.717, 1.165) is 70.1 Å². The monoisotopic (exact) mass is 402 g/mol. The van der Waals surface area contributed by atoms with Crippen LogP contribution in [0.2, 0.25) is 0 Å². The van der Waals surface area contributed by atoms with Gasteiger partial charge in [-0.2, -0.15) is 0 Å². The number of nitrogens with one attached hydrogen (secondary N) is 1. The summed E-state index contributed by atoms with van der Waals surface area (Å²) >= 11 is 0. The van der Waals surface area contributed by atoms with Crippen molar-refractivity contribution in [3.63, 3.8) is 0 Å². The topological polar surface area (TPSA) is 56.2 Å². The number of hydrogen-bond acceptors (Lipinski definition) is 5. The molecule has 1 aromatic rings. The second kappa shape index (κ2) is 10.8. The highest BCUT2D eigenvalue weighted by atomic mass is 16.5. The third-order valence-electron chi connectivity index (χ3n) is 5.42. The number of rotatable bonds is 6. The third-order valence-corrected chi connectivity index (χ3v) is 5.42. The highest BCUT2D eigenvalue weighted by Crippen LogP contribution is 2.17. The van der Waals surface area contributed by atoms with E-state index in [1.54, 1.807) is 0 Å². The molecule has 2 aliphatic heterocycles. The number of guanidine groups is 1. The number of aliphatic imine (C=N–C) groups is 1. The molecule has 2 fully saturated rings. The highest BCUT2D eigenvalue weighted by molar-refractivity contribution is 5.80. The van der Waals surface area contributed by atoms with Crippen molar-refractivity contribution >= 4 is 11.8 Å². The lowest BCUT2D eigenvalue weighted by atomic mass is 10.2. The molecule has 3 rings (SSSR count). The number of pyridine rings is 1. The first-order valence-electron chi connectivity index (χ1n) is 11.1. The van der Waals surface area contributed by atoms with E-state index in [1.807, 2.05) is 6.20 Å². The van der Waals surface area contributed by atoms with Gasteiger partial charge in [-0.1, -0.05) is 13.8 Å². The van der Waals surface area contributed by atoms with Crippen LogP contribution in [0.1, 0.15) is 33.3 Å². The van der Waals surface area contributed by atoms with E-state index in [-0.39, 0.29) is 6.10 Å². The molecule has 0 saturated carbocycles. The van der Waals surface area contributed by atoms with Crippen molar-refractivity contribution in [2.45, 2.75) is 40.3 Å². The maximum Gasteiger partial charge on any atom is 0.194 e. The third kappa shape index (κ3) is 6.57. The van der Waals surface area contributed by atoms with Gasteiger partial charge in [0.2, 0.25) is 0 Å². The highest BCUT2D eigenvalue weighted by Gasteiger charge is 2.20. The second-order valence-corrected chi connectivity index (χ2v) is 8.50. The summed E-state index contributed by atoms with van der Waals surface area (Å²) in [6.07, 6.45) is 2.15. The second-order valence-electron chi connectivity index (χ2n) is 8.50.